The molecule has 0 aliphatic heterocycles. The maximum absolute atomic E-state index is 12.2. The summed E-state index contributed by atoms with van der Waals surface area (Å²) < 4.78 is 6.02. The van der Waals surface area contributed by atoms with Crippen LogP contribution in [0.3, 0.4) is 0 Å². The van der Waals surface area contributed by atoms with E-state index >= 15 is 0 Å². The van der Waals surface area contributed by atoms with Crippen LogP contribution in [0.15, 0.2) is 50.4 Å². The molecule has 0 spiro atoms. The van der Waals surface area contributed by atoms with Gasteiger partial charge in [-0.05, 0) is 53.2 Å². The standard InChI is InChI=1S/C14H14BrNO2S/c1-9(7-10-3-2-6-18-10)16-14(17)12-8-11(19)4-5-13(12)15/h2-6,8-9,19H,7H2,1H3,(H,16,17). The molecule has 1 aromatic heterocycles. The molecule has 100 valence electrons. The van der Waals surface area contributed by atoms with E-state index < -0.39 is 0 Å². The van der Waals surface area contributed by atoms with Gasteiger partial charge in [0.1, 0.15) is 5.76 Å². The van der Waals surface area contributed by atoms with Crippen molar-refractivity contribution in [3.05, 3.63) is 52.4 Å². The second kappa shape index (κ2) is 6.30. The van der Waals surface area contributed by atoms with Crippen molar-refractivity contribution in [2.45, 2.75) is 24.3 Å². The van der Waals surface area contributed by atoms with Gasteiger partial charge >= 0.3 is 0 Å². The van der Waals surface area contributed by atoms with Crippen LogP contribution in [0.1, 0.15) is 23.0 Å². The molecular formula is C14H14BrNO2S. The number of carbonyl (C=O) groups excluding carboxylic acids is 1. The van der Waals surface area contributed by atoms with E-state index in [1.165, 1.54) is 0 Å². The number of benzene rings is 1. The van der Waals surface area contributed by atoms with Gasteiger partial charge in [0.05, 0.1) is 11.8 Å². The lowest BCUT2D eigenvalue weighted by molar-refractivity contribution is 0.0938. The largest absolute Gasteiger partial charge is 0.469 e. The summed E-state index contributed by atoms with van der Waals surface area (Å²) in [5.74, 6) is 0.733. The molecule has 0 aliphatic carbocycles. The third kappa shape index (κ3) is 3.88. The van der Waals surface area contributed by atoms with Crippen LogP contribution in [0.4, 0.5) is 0 Å². The third-order valence-electron chi connectivity index (χ3n) is 2.66. The van der Waals surface area contributed by atoms with Gasteiger partial charge < -0.3 is 9.73 Å². The van der Waals surface area contributed by atoms with Gasteiger partial charge in [0.15, 0.2) is 0 Å². The Bertz CT molecular complexity index is 569. The van der Waals surface area contributed by atoms with Crippen molar-refractivity contribution < 1.29 is 9.21 Å². The van der Waals surface area contributed by atoms with Crippen LogP contribution in [0, 0.1) is 0 Å². The van der Waals surface area contributed by atoms with Gasteiger partial charge in [0.25, 0.3) is 5.91 Å². The minimum atomic E-state index is -0.123. The van der Waals surface area contributed by atoms with E-state index in [0.717, 1.165) is 15.1 Å². The molecule has 19 heavy (non-hydrogen) atoms. The van der Waals surface area contributed by atoms with Gasteiger partial charge in [-0.1, -0.05) is 0 Å². The molecule has 3 nitrogen and oxygen atoms in total. The monoisotopic (exact) mass is 339 g/mol. The molecule has 1 aromatic carbocycles. The smallest absolute Gasteiger partial charge is 0.252 e. The minimum absolute atomic E-state index is 0.00544. The van der Waals surface area contributed by atoms with Gasteiger partial charge in [-0.15, -0.1) is 12.6 Å². The summed E-state index contributed by atoms with van der Waals surface area (Å²) in [6.45, 7) is 1.94. The number of carbonyl (C=O) groups is 1. The molecule has 0 bridgehead atoms. The normalized spacial score (nSPS) is 12.2. The Balaban J connectivity index is 2.02. The predicted octanol–water partition coefficient (Wildman–Crippen LogP) is 3.69. The number of furan rings is 1. The number of nitrogens with one attached hydrogen (secondary N) is 1. The van der Waals surface area contributed by atoms with Crippen molar-refractivity contribution in [3.63, 3.8) is 0 Å². The topological polar surface area (TPSA) is 42.2 Å². The fourth-order valence-electron chi connectivity index (χ4n) is 1.77. The molecule has 0 radical (unpaired) electrons. The quantitative estimate of drug-likeness (QED) is 0.834. The molecular weight excluding hydrogens is 326 g/mol. The highest BCUT2D eigenvalue weighted by Crippen LogP contribution is 2.20. The summed E-state index contributed by atoms with van der Waals surface area (Å²) in [5.41, 5.74) is 0.582. The van der Waals surface area contributed by atoms with Crippen molar-refractivity contribution in [3.8, 4) is 0 Å². The summed E-state index contributed by atoms with van der Waals surface area (Å²) in [6.07, 6.45) is 2.29. The second-order valence-corrected chi connectivity index (χ2v) is 5.69. The highest BCUT2D eigenvalue weighted by molar-refractivity contribution is 9.10. The Kier molecular flexibility index (Phi) is 4.71. The van der Waals surface area contributed by atoms with E-state index in [0.29, 0.717) is 12.0 Å². The summed E-state index contributed by atoms with van der Waals surface area (Å²) in [7, 11) is 0. The van der Waals surface area contributed by atoms with Crippen LogP contribution in [0.2, 0.25) is 0 Å². The van der Waals surface area contributed by atoms with Crippen molar-refractivity contribution in [1.82, 2.24) is 5.32 Å². The fourth-order valence-corrected chi connectivity index (χ4v) is 2.40. The van der Waals surface area contributed by atoms with Crippen molar-refractivity contribution in [1.29, 1.82) is 0 Å². The van der Waals surface area contributed by atoms with E-state index in [4.69, 9.17) is 4.42 Å². The Morgan fingerprint density at radius 2 is 2.26 bits per heavy atom. The number of hydrogen-bond donors (Lipinski definition) is 2. The van der Waals surface area contributed by atoms with Crippen LogP contribution in [-0.2, 0) is 6.42 Å². The maximum Gasteiger partial charge on any atom is 0.252 e. The van der Waals surface area contributed by atoms with Gasteiger partial charge in [-0.3, -0.25) is 4.79 Å². The van der Waals surface area contributed by atoms with Crippen LogP contribution in [0.5, 0.6) is 0 Å². The average Bonchev–Trinajstić information content (AvgIpc) is 2.84. The van der Waals surface area contributed by atoms with Gasteiger partial charge in [0.2, 0.25) is 0 Å². The van der Waals surface area contributed by atoms with Gasteiger partial charge in [0, 0.05) is 21.8 Å². The second-order valence-electron chi connectivity index (χ2n) is 4.32. The first-order valence-electron chi connectivity index (χ1n) is 5.88. The number of halogens is 1. The fraction of sp³-hybridized carbons (Fsp3) is 0.214. The van der Waals surface area contributed by atoms with Crippen molar-refractivity contribution >= 4 is 34.5 Å². The van der Waals surface area contributed by atoms with Crippen LogP contribution in [-0.4, -0.2) is 11.9 Å². The Morgan fingerprint density at radius 1 is 1.47 bits per heavy atom. The van der Waals surface area contributed by atoms with Crippen LogP contribution in [0.25, 0.3) is 0 Å². The highest BCUT2D eigenvalue weighted by Gasteiger charge is 2.14. The van der Waals surface area contributed by atoms with Crippen molar-refractivity contribution in [2.24, 2.45) is 0 Å². The summed E-state index contributed by atoms with van der Waals surface area (Å²) in [6, 6.07) is 9.11. The van der Waals surface area contributed by atoms with Gasteiger partial charge in [-0.25, -0.2) is 0 Å². The molecule has 0 saturated heterocycles. The molecule has 2 rings (SSSR count). The van der Waals surface area contributed by atoms with Crippen LogP contribution < -0.4 is 5.32 Å². The molecule has 1 heterocycles. The zero-order valence-electron chi connectivity index (χ0n) is 10.4. The summed E-state index contributed by atoms with van der Waals surface area (Å²) in [5, 5.41) is 2.94. The SMILES string of the molecule is CC(Cc1ccco1)NC(=O)c1cc(S)ccc1Br. The summed E-state index contributed by atoms with van der Waals surface area (Å²) in [4.78, 5) is 12.9. The number of hydrogen-bond acceptors (Lipinski definition) is 3. The lowest BCUT2D eigenvalue weighted by atomic mass is 10.1. The highest BCUT2D eigenvalue weighted by atomic mass is 79.9. The van der Waals surface area contributed by atoms with E-state index in [-0.39, 0.29) is 11.9 Å². The number of amides is 1. The first-order chi connectivity index (χ1) is 9.06. The third-order valence-corrected chi connectivity index (χ3v) is 3.63. The zero-order chi connectivity index (χ0) is 13.8. The maximum atomic E-state index is 12.2. The van der Waals surface area contributed by atoms with E-state index in [1.54, 1.807) is 12.3 Å². The first-order valence-corrected chi connectivity index (χ1v) is 7.12. The lowest BCUT2D eigenvalue weighted by Crippen LogP contribution is -2.34. The molecule has 1 unspecified atom stereocenters. The summed E-state index contributed by atoms with van der Waals surface area (Å²) >= 11 is 7.61. The Labute approximate surface area is 125 Å². The van der Waals surface area contributed by atoms with Crippen LogP contribution >= 0.6 is 28.6 Å². The molecule has 0 fully saturated rings. The first kappa shape index (κ1) is 14.2. The van der Waals surface area contributed by atoms with E-state index in [1.807, 2.05) is 31.2 Å². The van der Waals surface area contributed by atoms with Gasteiger partial charge in [-0.2, -0.15) is 0 Å². The van der Waals surface area contributed by atoms with Crippen molar-refractivity contribution in [2.75, 3.05) is 0 Å². The Hall–Kier alpha value is -1.20. The molecule has 0 aliphatic rings. The lowest BCUT2D eigenvalue weighted by Gasteiger charge is -2.13. The predicted molar refractivity (Wildman–Crippen MR) is 80.7 cm³/mol. The molecule has 2 aromatic rings. The number of rotatable bonds is 4. The van der Waals surface area contributed by atoms with E-state index in [9.17, 15) is 4.79 Å². The molecule has 1 amide bonds. The molecule has 1 atom stereocenters. The molecule has 5 heteroatoms. The molecule has 0 saturated carbocycles. The van der Waals surface area contributed by atoms with E-state index in [2.05, 4.69) is 33.9 Å². The number of thiol groups is 1. The average molecular weight is 340 g/mol. The molecule has 1 N–H and O–H groups in total. The zero-order valence-corrected chi connectivity index (χ0v) is 12.9. The Morgan fingerprint density at radius 3 is 2.95 bits per heavy atom. The minimum Gasteiger partial charge on any atom is -0.469 e.